The number of pyridine rings is 1. The first-order valence-electron chi connectivity index (χ1n) is 5.21. The van der Waals surface area contributed by atoms with Crippen molar-refractivity contribution in [3.63, 3.8) is 0 Å². The number of aryl methyl sites for hydroxylation is 1. The minimum atomic E-state index is -0.208. The predicted octanol–water partition coefficient (Wildman–Crippen LogP) is 1.70. The van der Waals surface area contributed by atoms with Gasteiger partial charge in [0.05, 0.1) is 17.1 Å². The molecule has 0 radical (unpaired) electrons. The Kier molecular flexibility index (Phi) is 3.57. The van der Waals surface area contributed by atoms with Crippen molar-refractivity contribution in [2.75, 3.05) is 7.05 Å². The maximum Gasteiger partial charge on any atom is 0.255 e. The smallest absolute Gasteiger partial charge is 0.255 e. The van der Waals surface area contributed by atoms with E-state index in [1.165, 1.54) is 17.3 Å². The zero-order valence-electron chi connectivity index (χ0n) is 9.92. The van der Waals surface area contributed by atoms with Gasteiger partial charge in [0.1, 0.15) is 0 Å². The Balaban J connectivity index is 2.09. The highest BCUT2D eigenvalue weighted by atomic mass is 35.5. The summed E-state index contributed by atoms with van der Waals surface area (Å²) in [5.74, 6) is 0.648. The molecule has 94 valence electrons. The Hall–Kier alpha value is -1.95. The maximum atomic E-state index is 12.0. The normalized spacial score (nSPS) is 10.4. The summed E-state index contributed by atoms with van der Waals surface area (Å²) in [6, 6.07) is 1.56. The van der Waals surface area contributed by atoms with E-state index in [1.807, 2.05) is 0 Å². The molecule has 0 spiro atoms. The molecule has 0 N–H and O–H groups in total. The highest BCUT2D eigenvalue weighted by molar-refractivity contribution is 6.30. The molecule has 0 unspecified atom stereocenters. The van der Waals surface area contributed by atoms with Gasteiger partial charge in [0.2, 0.25) is 11.8 Å². The SMILES string of the molecule is Cc1nnc(CN(C)C(=O)c2cncc(Cl)c2)o1. The summed E-state index contributed by atoms with van der Waals surface area (Å²) in [6.45, 7) is 1.94. The molecule has 0 aliphatic heterocycles. The van der Waals surface area contributed by atoms with Crippen LogP contribution >= 0.6 is 11.6 Å². The zero-order valence-corrected chi connectivity index (χ0v) is 10.7. The summed E-state index contributed by atoms with van der Waals surface area (Å²) in [6.07, 6.45) is 2.93. The van der Waals surface area contributed by atoms with Crippen molar-refractivity contribution in [3.8, 4) is 0 Å². The van der Waals surface area contributed by atoms with E-state index in [0.717, 1.165) is 0 Å². The minimum absolute atomic E-state index is 0.208. The molecular formula is C11H11ClN4O2. The van der Waals surface area contributed by atoms with E-state index in [0.29, 0.717) is 22.4 Å². The quantitative estimate of drug-likeness (QED) is 0.845. The van der Waals surface area contributed by atoms with Crippen LogP contribution in [0.25, 0.3) is 0 Å². The number of rotatable bonds is 3. The van der Waals surface area contributed by atoms with E-state index in [4.69, 9.17) is 16.0 Å². The lowest BCUT2D eigenvalue weighted by Crippen LogP contribution is -2.26. The van der Waals surface area contributed by atoms with Gasteiger partial charge in [-0.2, -0.15) is 0 Å². The average Bonchev–Trinajstić information content (AvgIpc) is 2.73. The molecule has 0 aromatic carbocycles. The fourth-order valence-corrected chi connectivity index (χ4v) is 1.60. The molecular weight excluding hydrogens is 256 g/mol. The van der Waals surface area contributed by atoms with Crippen molar-refractivity contribution < 1.29 is 9.21 Å². The van der Waals surface area contributed by atoms with Gasteiger partial charge in [-0.05, 0) is 6.07 Å². The number of amides is 1. The maximum absolute atomic E-state index is 12.0. The van der Waals surface area contributed by atoms with Crippen LogP contribution in [0.15, 0.2) is 22.9 Å². The molecule has 0 saturated carbocycles. The van der Waals surface area contributed by atoms with Gasteiger partial charge in [0.25, 0.3) is 5.91 Å². The summed E-state index contributed by atoms with van der Waals surface area (Å²) in [5.41, 5.74) is 0.418. The number of hydrogen-bond acceptors (Lipinski definition) is 5. The van der Waals surface area contributed by atoms with Crippen LogP contribution in [0.5, 0.6) is 0 Å². The molecule has 18 heavy (non-hydrogen) atoms. The first-order chi connectivity index (χ1) is 8.56. The van der Waals surface area contributed by atoms with Crippen LogP contribution in [-0.4, -0.2) is 33.0 Å². The lowest BCUT2D eigenvalue weighted by atomic mass is 10.2. The van der Waals surface area contributed by atoms with Crippen molar-refractivity contribution in [2.24, 2.45) is 0 Å². The second-order valence-electron chi connectivity index (χ2n) is 3.77. The van der Waals surface area contributed by atoms with Crippen molar-refractivity contribution >= 4 is 17.5 Å². The molecule has 0 aliphatic rings. The summed E-state index contributed by atoms with van der Waals surface area (Å²) in [5, 5.41) is 7.94. The van der Waals surface area contributed by atoms with Gasteiger partial charge in [-0.15, -0.1) is 10.2 Å². The fraction of sp³-hybridized carbons (Fsp3) is 0.273. The molecule has 1 amide bonds. The molecule has 2 aromatic rings. The van der Waals surface area contributed by atoms with Gasteiger partial charge in [-0.1, -0.05) is 11.6 Å². The third-order valence-corrected chi connectivity index (χ3v) is 2.45. The van der Waals surface area contributed by atoms with Crippen LogP contribution in [0.2, 0.25) is 5.02 Å². The summed E-state index contributed by atoms with van der Waals surface area (Å²) in [4.78, 5) is 17.4. The second-order valence-corrected chi connectivity index (χ2v) is 4.20. The minimum Gasteiger partial charge on any atom is -0.424 e. The largest absolute Gasteiger partial charge is 0.424 e. The molecule has 6 nitrogen and oxygen atoms in total. The standard InChI is InChI=1S/C11H11ClN4O2/c1-7-14-15-10(18-7)6-16(2)11(17)8-3-9(12)5-13-4-8/h3-5H,6H2,1-2H3. The summed E-state index contributed by atoms with van der Waals surface area (Å²) in [7, 11) is 1.64. The van der Waals surface area contributed by atoms with Crippen LogP contribution in [0.4, 0.5) is 0 Å². The Bertz CT molecular complexity index is 570. The van der Waals surface area contributed by atoms with Crippen molar-refractivity contribution in [3.05, 3.63) is 40.8 Å². The van der Waals surface area contributed by atoms with Crippen molar-refractivity contribution in [1.29, 1.82) is 0 Å². The molecule has 2 heterocycles. The molecule has 0 fully saturated rings. The lowest BCUT2D eigenvalue weighted by molar-refractivity contribution is 0.0772. The Labute approximate surface area is 109 Å². The van der Waals surface area contributed by atoms with Gasteiger partial charge in [0, 0.05) is 26.4 Å². The number of carbonyl (C=O) groups is 1. The number of carbonyl (C=O) groups excluding carboxylic acids is 1. The number of hydrogen-bond donors (Lipinski definition) is 0. The molecule has 0 atom stereocenters. The molecule has 2 rings (SSSR count). The monoisotopic (exact) mass is 266 g/mol. The van der Waals surface area contributed by atoms with Crippen molar-refractivity contribution in [1.82, 2.24) is 20.1 Å². The van der Waals surface area contributed by atoms with Gasteiger partial charge in [0.15, 0.2) is 0 Å². The average molecular weight is 267 g/mol. The molecule has 0 aliphatic carbocycles. The predicted molar refractivity (Wildman–Crippen MR) is 64.1 cm³/mol. The molecule has 0 bridgehead atoms. The second kappa shape index (κ2) is 5.14. The van der Waals surface area contributed by atoms with Crippen LogP contribution in [0, 0.1) is 6.92 Å². The van der Waals surface area contributed by atoms with Crippen LogP contribution in [-0.2, 0) is 6.54 Å². The van der Waals surface area contributed by atoms with E-state index in [2.05, 4.69) is 15.2 Å². The van der Waals surface area contributed by atoms with E-state index >= 15 is 0 Å². The van der Waals surface area contributed by atoms with Crippen molar-refractivity contribution in [2.45, 2.75) is 13.5 Å². The van der Waals surface area contributed by atoms with Crippen LogP contribution in [0.3, 0.4) is 0 Å². The van der Waals surface area contributed by atoms with Gasteiger partial charge in [-0.3, -0.25) is 9.78 Å². The first-order valence-corrected chi connectivity index (χ1v) is 5.59. The number of halogens is 1. The van der Waals surface area contributed by atoms with E-state index in [1.54, 1.807) is 20.0 Å². The van der Waals surface area contributed by atoms with Gasteiger partial charge in [-0.25, -0.2) is 0 Å². The van der Waals surface area contributed by atoms with Crippen LogP contribution in [0.1, 0.15) is 22.1 Å². The molecule has 0 saturated heterocycles. The molecule has 2 aromatic heterocycles. The summed E-state index contributed by atoms with van der Waals surface area (Å²) < 4.78 is 5.21. The van der Waals surface area contributed by atoms with E-state index in [9.17, 15) is 4.79 Å². The van der Waals surface area contributed by atoms with E-state index in [-0.39, 0.29) is 12.5 Å². The topological polar surface area (TPSA) is 72.1 Å². The zero-order chi connectivity index (χ0) is 13.1. The highest BCUT2D eigenvalue weighted by Gasteiger charge is 2.15. The van der Waals surface area contributed by atoms with Gasteiger partial charge >= 0.3 is 0 Å². The van der Waals surface area contributed by atoms with Crippen LogP contribution < -0.4 is 0 Å². The highest BCUT2D eigenvalue weighted by Crippen LogP contribution is 2.11. The van der Waals surface area contributed by atoms with E-state index < -0.39 is 0 Å². The summed E-state index contributed by atoms with van der Waals surface area (Å²) >= 11 is 5.78. The first kappa shape index (κ1) is 12.5. The third kappa shape index (κ3) is 2.84. The number of aromatic nitrogens is 3. The van der Waals surface area contributed by atoms with Gasteiger partial charge < -0.3 is 9.32 Å². The Morgan fingerprint density at radius 2 is 2.22 bits per heavy atom. The third-order valence-electron chi connectivity index (χ3n) is 2.24. The molecule has 7 heteroatoms. The Morgan fingerprint density at radius 1 is 1.44 bits per heavy atom. The number of nitrogens with zero attached hydrogens (tertiary/aromatic N) is 4. The fourth-order valence-electron chi connectivity index (χ4n) is 1.43. The lowest BCUT2D eigenvalue weighted by Gasteiger charge is -2.14. The Morgan fingerprint density at radius 3 is 2.83 bits per heavy atom.